The number of rotatable bonds is 7. The summed E-state index contributed by atoms with van der Waals surface area (Å²) in [5.41, 5.74) is 3.77. The third-order valence-corrected chi connectivity index (χ3v) is 3.49. The molecular weight excluding hydrogens is 258 g/mol. The summed E-state index contributed by atoms with van der Waals surface area (Å²) >= 11 is 0. The lowest BCUT2D eigenvalue weighted by Crippen LogP contribution is -2.19. The third kappa shape index (κ3) is 4.57. The standard InChI is InChI=1S/C18H25N3/c1-4-10-19-12-17-11-15(2)18(20-13-17)21(3)14-16-8-6-5-7-9-16/h5-9,11,13,19H,4,10,12,14H2,1-3H3. The fraction of sp³-hybridized carbons (Fsp3) is 0.389. The van der Waals surface area contributed by atoms with Crippen molar-refractivity contribution in [1.82, 2.24) is 10.3 Å². The first-order valence-corrected chi connectivity index (χ1v) is 7.62. The molecule has 0 amide bonds. The van der Waals surface area contributed by atoms with E-state index in [1.54, 1.807) is 0 Å². The average molecular weight is 283 g/mol. The quantitative estimate of drug-likeness (QED) is 0.788. The van der Waals surface area contributed by atoms with Crippen molar-refractivity contribution in [3.63, 3.8) is 0 Å². The fourth-order valence-corrected chi connectivity index (χ4v) is 2.46. The molecule has 0 aliphatic heterocycles. The molecule has 0 radical (unpaired) electrons. The first-order valence-electron chi connectivity index (χ1n) is 7.62. The van der Waals surface area contributed by atoms with E-state index in [0.717, 1.165) is 31.9 Å². The highest BCUT2D eigenvalue weighted by atomic mass is 15.2. The molecule has 0 saturated carbocycles. The second-order valence-electron chi connectivity index (χ2n) is 5.50. The lowest BCUT2D eigenvalue weighted by atomic mass is 10.1. The van der Waals surface area contributed by atoms with Crippen molar-refractivity contribution in [2.75, 3.05) is 18.5 Å². The van der Waals surface area contributed by atoms with Gasteiger partial charge in [0.2, 0.25) is 0 Å². The van der Waals surface area contributed by atoms with Gasteiger partial charge in [0.15, 0.2) is 0 Å². The van der Waals surface area contributed by atoms with Crippen LogP contribution in [0.1, 0.15) is 30.0 Å². The van der Waals surface area contributed by atoms with E-state index in [1.807, 2.05) is 12.3 Å². The molecule has 3 nitrogen and oxygen atoms in total. The summed E-state index contributed by atoms with van der Waals surface area (Å²) in [6.45, 7) is 7.13. The van der Waals surface area contributed by atoms with Crippen molar-refractivity contribution in [2.24, 2.45) is 0 Å². The molecule has 1 aromatic carbocycles. The smallest absolute Gasteiger partial charge is 0.131 e. The van der Waals surface area contributed by atoms with Crippen molar-refractivity contribution in [1.29, 1.82) is 0 Å². The summed E-state index contributed by atoms with van der Waals surface area (Å²) < 4.78 is 0. The van der Waals surface area contributed by atoms with Crippen LogP contribution in [0.2, 0.25) is 0 Å². The second-order valence-corrected chi connectivity index (χ2v) is 5.50. The first-order chi connectivity index (χ1) is 10.2. The van der Waals surface area contributed by atoms with Crippen LogP contribution in [-0.4, -0.2) is 18.6 Å². The molecule has 1 aromatic heterocycles. The highest BCUT2D eigenvalue weighted by molar-refractivity contribution is 5.47. The van der Waals surface area contributed by atoms with Gasteiger partial charge in [-0.05, 0) is 42.6 Å². The van der Waals surface area contributed by atoms with Crippen molar-refractivity contribution < 1.29 is 0 Å². The Morgan fingerprint density at radius 2 is 1.90 bits per heavy atom. The Hall–Kier alpha value is -1.87. The van der Waals surface area contributed by atoms with Crippen LogP contribution < -0.4 is 10.2 Å². The molecule has 0 atom stereocenters. The van der Waals surface area contributed by atoms with Crippen molar-refractivity contribution in [3.8, 4) is 0 Å². The number of anilines is 1. The van der Waals surface area contributed by atoms with E-state index in [1.165, 1.54) is 16.7 Å². The number of pyridine rings is 1. The minimum Gasteiger partial charge on any atom is -0.355 e. The normalized spacial score (nSPS) is 10.6. The van der Waals surface area contributed by atoms with Crippen molar-refractivity contribution in [2.45, 2.75) is 33.4 Å². The van der Waals surface area contributed by atoms with Crippen molar-refractivity contribution in [3.05, 3.63) is 59.3 Å². The molecule has 0 bridgehead atoms. The molecule has 2 aromatic rings. The topological polar surface area (TPSA) is 28.2 Å². The molecule has 0 saturated heterocycles. The minimum atomic E-state index is 0.877. The first kappa shape index (κ1) is 15.5. The summed E-state index contributed by atoms with van der Waals surface area (Å²) in [5.74, 6) is 1.05. The molecule has 0 aliphatic carbocycles. The van der Waals surface area contributed by atoms with Crippen LogP contribution in [-0.2, 0) is 13.1 Å². The van der Waals surface area contributed by atoms with E-state index >= 15 is 0 Å². The maximum absolute atomic E-state index is 4.64. The lowest BCUT2D eigenvalue weighted by molar-refractivity contribution is 0.673. The van der Waals surface area contributed by atoms with Gasteiger partial charge in [-0.15, -0.1) is 0 Å². The van der Waals surface area contributed by atoms with Crippen molar-refractivity contribution >= 4 is 5.82 Å². The van der Waals surface area contributed by atoms with Gasteiger partial charge in [-0.1, -0.05) is 37.3 Å². The summed E-state index contributed by atoms with van der Waals surface area (Å²) in [7, 11) is 2.09. The van der Waals surface area contributed by atoms with E-state index < -0.39 is 0 Å². The van der Waals surface area contributed by atoms with Crippen LogP contribution in [0.25, 0.3) is 0 Å². The third-order valence-electron chi connectivity index (χ3n) is 3.49. The molecule has 0 spiro atoms. The number of hydrogen-bond acceptors (Lipinski definition) is 3. The van der Waals surface area contributed by atoms with Crippen LogP contribution in [0.5, 0.6) is 0 Å². The van der Waals surface area contributed by atoms with Gasteiger partial charge < -0.3 is 10.2 Å². The Morgan fingerprint density at radius 1 is 1.14 bits per heavy atom. The van der Waals surface area contributed by atoms with Crippen LogP contribution in [0.15, 0.2) is 42.6 Å². The van der Waals surface area contributed by atoms with E-state index in [2.05, 4.69) is 66.4 Å². The van der Waals surface area contributed by atoms with Gasteiger partial charge in [0, 0.05) is 26.3 Å². The summed E-state index contributed by atoms with van der Waals surface area (Å²) in [4.78, 5) is 6.84. The molecule has 0 fully saturated rings. The van der Waals surface area contributed by atoms with E-state index in [0.29, 0.717) is 0 Å². The Morgan fingerprint density at radius 3 is 2.57 bits per heavy atom. The van der Waals surface area contributed by atoms with Crippen LogP contribution >= 0.6 is 0 Å². The number of hydrogen-bond donors (Lipinski definition) is 1. The molecule has 1 heterocycles. The van der Waals surface area contributed by atoms with E-state index in [-0.39, 0.29) is 0 Å². The molecular formula is C18H25N3. The average Bonchev–Trinajstić information content (AvgIpc) is 2.48. The monoisotopic (exact) mass is 283 g/mol. The fourth-order valence-electron chi connectivity index (χ4n) is 2.46. The number of nitrogens with zero attached hydrogens (tertiary/aromatic N) is 2. The van der Waals surface area contributed by atoms with E-state index in [9.17, 15) is 0 Å². The van der Waals surface area contributed by atoms with Crippen LogP contribution in [0, 0.1) is 6.92 Å². The SMILES string of the molecule is CCCNCc1cnc(N(C)Cc2ccccc2)c(C)c1. The number of nitrogens with one attached hydrogen (secondary N) is 1. The van der Waals surface area contributed by atoms with Gasteiger partial charge in [-0.3, -0.25) is 0 Å². The van der Waals surface area contributed by atoms with Gasteiger partial charge in [0.25, 0.3) is 0 Å². The molecule has 3 heteroatoms. The lowest BCUT2D eigenvalue weighted by Gasteiger charge is -2.20. The highest BCUT2D eigenvalue weighted by Gasteiger charge is 2.07. The van der Waals surface area contributed by atoms with E-state index in [4.69, 9.17) is 0 Å². The zero-order valence-electron chi connectivity index (χ0n) is 13.3. The molecule has 21 heavy (non-hydrogen) atoms. The van der Waals surface area contributed by atoms with Crippen LogP contribution in [0.3, 0.4) is 0 Å². The Balaban J connectivity index is 2.02. The second kappa shape index (κ2) is 7.79. The minimum absolute atomic E-state index is 0.877. The summed E-state index contributed by atoms with van der Waals surface area (Å²) in [6, 6.07) is 12.7. The van der Waals surface area contributed by atoms with Gasteiger partial charge in [0.1, 0.15) is 5.82 Å². The predicted octanol–water partition coefficient (Wildman–Crippen LogP) is 3.53. The molecule has 2 rings (SSSR count). The van der Waals surface area contributed by atoms with Crippen LogP contribution in [0.4, 0.5) is 5.82 Å². The maximum Gasteiger partial charge on any atom is 0.131 e. The molecule has 0 aliphatic rings. The Labute approximate surface area is 128 Å². The number of aryl methyl sites for hydroxylation is 1. The molecule has 1 N–H and O–H groups in total. The zero-order valence-corrected chi connectivity index (χ0v) is 13.3. The largest absolute Gasteiger partial charge is 0.355 e. The zero-order chi connectivity index (χ0) is 15.1. The number of aromatic nitrogens is 1. The Bertz CT molecular complexity index is 552. The number of benzene rings is 1. The van der Waals surface area contributed by atoms with Gasteiger partial charge in [0.05, 0.1) is 0 Å². The van der Waals surface area contributed by atoms with Gasteiger partial charge in [-0.2, -0.15) is 0 Å². The molecule has 0 unspecified atom stereocenters. The van der Waals surface area contributed by atoms with Gasteiger partial charge in [-0.25, -0.2) is 4.98 Å². The maximum atomic E-state index is 4.64. The summed E-state index contributed by atoms with van der Waals surface area (Å²) in [6.07, 6.45) is 3.14. The Kier molecular flexibility index (Phi) is 5.76. The summed E-state index contributed by atoms with van der Waals surface area (Å²) in [5, 5.41) is 3.41. The predicted molar refractivity (Wildman–Crippen MR) is 89.5 cm³/mol. The molecule has 112 valence electrons. The van der Waals surface area contributed by atoms with Gasteiger partial charge >= 0.3 is 0 Å². The highest BCUT2D eigenvalue weighted by Crippen LogP contribution is 2.18.